The maximum Gasteiger partial charge on any atom is 0.260 e. The number of rotatable bonds is 5. The smallest absolute Gasteiger partial charge is 0.260 e. The second kappa shape index (κ2) is 8.96. The quantitative estimate of drug-likeness (QED) is 0.730. The van der Waals surface area contributed by atoms with Gasteiger partial charge in [-0.15, -0.1) is 0 Å². The number of carbonyl (C=O) groups excluding carboxylic acids is 1. The summed E-state index contributed by atoms with van der Waals surface area (Å²) in [5.74, 6) is 0.209. The summed E-state index contributed by atoms with van der Waals surface area (Å²) in [6, 6.07) is 13.4. The van der Waals surface area contributed by atoms with E-state index in [4.69, 9.17) is 39.5 Å². The van der Waals surface area contributed by atoms with E-state index in [2.05, 4.69) is 17.0 Å². The largest absolute Gasteiger partial charge is 0.481 e. The summed E-state index contributed by atoms with van der Waals surface area (Å²) >= 11 is 18.0. The Morgan fingerprint density at radius 3 is 2.19 bits per heavy atom. The van der Waals surface area contributed by atoms with Crippen molar-refractivity contribution < 1.29 is 9.53 Å². The molecule has 0 saturated carbocycles. The number of carbonyl (C=O) groups is 1. The number of ether oxygens (including phenoxy) is 1. The zero-order chi connectivity index (χ0) is 18.5. The summed E-state index contributed by atoms with van der Waals surface area (Å²) < 4.78 is 5.53. The minimum atomic E-state index is -0.0975. The van der Waals surface area contributed by atoms with Crippen molar-refractivity contribution in [2.75, 3.05) is 32.8 Å². The van der Waals surface area contributed by atoms with E-state index < -0.39 is 0 Å². The highest BCUT2D eigenvalue weighted by molar-refractivity contribution is 6.40. The lowest BCUT2D eigenvalue weighted by Gasteiger charge is -2.34. The Morgan fingerprint density at radius 1 is 0.962 bits per heavy atom. The Bertz CT molecular complexity index is 740. The van der Waals surface area contributed by atoms with Crippen molar-refractivity contribution >= 4 is 40.7 Å². The molecule has 0 N–H and O–H groups in total. The lowest BCUT2D eigenvalue weighted by molar-refractivity contribution is -0.135. The first-order valence-corrected chi connectivity index (χ1v) is 9.48. The average molecular weight is 414 g/mol. The molecule has 2 aromatic rings. The van der Waals surface area contributed by atoms with Crippen LogP contribution >= 0.6 is 34.8 Å². The SMILES string of the molecule is O=C(COc1c(Cl)cc(Cl)cc1Cl)N1CCN(Cc2ccccc2)CC1. The van der Waals surface area contributed by atoms with Gasteiger partial charge in [-0.25, -0.2) is 0 Å². The van der Waals surface area contributed by atoms with E-state index in [9.17, 15) is 4.79 Å². The van der Waals surface area contributed by atoms with Crippen LogP contribution < -0.4 is 4.74 Å². The molecule has 0 unspecified atom stereocenters. The van der Waals surface area contributed by atoms with Crippen LogP contribution in [0.5, 0.6) is 5.75 Å². The van der Waals surface area contributed by atoms with Crippen molar-refractivity contribution in [3.05, 3.63) is 63.1 Å². The molecule has 7 heteroatoms. The first-order valence-electron chi connectivity index (χ1n) is 8.34. The van der Waals surface area contributed by atoms with Gasteiger partial charge in [0.25, 0.3) is 5.91 Å². The second-order valence-corrected chi connectivity index (χ2v) is 7.38. The number of hydrogen-bond donors (Lipinski definition) is 0. The Morgan fingerprint density at radius 2 is 1.58 bits per heavy atom. The highest BCUT2D eigenvalue weighted by Gasteiger charge is 2.22. The molecule has 0 aromatic heterocycles. The monoisotopic (exact) mass is 412 g/mol. The van der Waals surface area contributed by atoms with Gasteiger partial charge in [0, 0.05) is 37.7 Å². The highest BCUT2D eigenvalue weighted by Crippen LogP contribution is 2.35. The first-order chi connectivity index (χ1) is 12.5. The molecule has 0 atom stereocenters. The third-order valence-corrected chi connectivity index (χ3v) is 5.06. The number of halogens is 3. The molecule has 1 aliphatic heterocycles. The van der Waals surface area contributed by atoms with Crippen LogP contribution in [0.25, 0.3) is 0 Å². The summed E-state index contributed by atoms with van der Waals surface area (Å²) in [6.07, 6.45) is 0. The Kier molecular flexibility index (Phi) is 6.65. The van der Waals surface area contributed by atoms with E-state index in [1.54, 1.807) is 4.90 Å². The van der Waals surface area contributed by atoms with Gasteiger partial charge >= 0.3 is 0 Å². The molecular weight excluding hydrogens is 395 g/mol. The summed E-state index contributed by atoms with van der Waals surface area (Å²) in [4.78, 5) is 16.5. The molecule has 1 aliphatic rings. The van der Waals surface area contributed by atoms with Gasteiger partial charge in [0.05, 0.1) is 10.0 Å². The van der Waals surface area contributed by atoms with E-state index in [0.29, 0.717) is 28.2 Å². The summed E-state index contributed by atoms with van der Waals surface area (Å²) in [7, 11) is 0. The third kappa shape index (κ3) is 5.04. The minimum absolute atomic E-state index is 0.0774. The van der Waals surface area contributed by atoms with E-state index in [1.807, 2.05) is 18.2 Å². The summed E-state index contributed by atoms with van der Waals surface area (Å²) in [5.41, 5.74) is 1.28. The van der Waals surface area contributed by atoms with Crippen LogP contribution in [-0.4, -0.2) is 48.5 Å². The van der Waals surface area contributed by atoms with E-state index >= 15 is 0 Å². The molecule has 0 bridgehead atoms. The van der Waals surface area contributed by atoms with E-state index in [-0.39, 0.29) is 18.3 Å². The predicted octanol–water partition coefficient (Wildman–Crippen LogP) is 4.37. The number of hydrogen-bond acceptors (Lipinski definition) is 3. The van der Waals surface area contributed by atoms with Crippen LogP contribution in [0.4, 0.5) is 0 Å². The minimum Gasteiger partial charge on any atom is -0.481 e. The van der Waals surface area contributed by atoms with Crippen LogP contribution in [0.15, 0.2) is 42.5 Å². The standard InChI is InChI=1S/C19H19Cl3N2O2/c20-15-10-16(21)19(17(22)11-15)26-13-18(25)24-8-6-23(7-9-24)12-14-4-2-1-3-5-14/h1-5,10-11H,6-9,12-13H2. The molecule has 2 aromatic carbocycles. The number of piperazine rings is 1. The molecule has 3 rings (SSSR count). The molecule has 4 nitrogen and oxygen atoms in total. The highest BCUT2D eigenvalue weighted by atomic mass is 35.5. The summed E-state index contributed by atoms with van der Waals surface area (Å²) in [5, 5.41) is 1.01. The molecule has 1 amide bonds. The molecule has 0 radical (unpaired) electrons. The van der Waals surface area contributed by atoms with Crippen molar-refractivity contribution in [3.63, 3.8) is 0 Å². The van der Waals surface area contributed by atoms with Gasteiger partial charge in [-0.05, 0) is 17.7 Å². The van der Waals surface area contributed by atoms with E-state index in [0.717, 1.165) is 19.6 Å². The molecule has 1 fully saturated rings. The maximum absolute atomic E-state index is 12.4. The topological polar surface area (TPSA) is 32.8 Å². The molecule has 26 heavy (non-hydrogen) atoms. The lowest BCUT2D eigenvalue weighted by atomic mass is 10.2. The van der Waals surface area contributed by atoms with Crippen LogP contribution in [0.2, 0.25) is 15.1 Å². The fraction of sp³-hybridized carbons (Fsp3) is 0.316. The van der Waals surface area contributed by atoms with Gasteiger partial charge in [0.1, 0.15) is 0 Å². The molecular formula is C19H19Cl3N2O2. The van der Waals surface area contributed by atoms with Gasteiger partial charge in [-0.1, -0.05) is 65.1 Å². The van der Waals surface area contributed by atoms with Crippen LogP contribution in [0, 0.1) is 0 Å². The van der Waals surface area contributed by atoms with Gasteiger partial charge in [-0.3, -0.25) is 9.69 Å². The van der Waals surface area contributed by atoms with Crippen LogP contribution in [-0.2, 0) is 11.3 Å². The zero-order valence-electron chi connectivity index (χ0n) is 14.1. The Hall–Kier alpha value is -1.46. The normalized spacial score (nSPS) is 15.1. The predicted molar refractivity (Wildman–Crippen MR) is 105 cm³/mol. The van der Waals surface area contributed by atoms with Crippen molar-refractivity contribution in [1.29, 1.82) is 0 Å². The molecule has 0 aliphatic carbocycles. The van der Waals surface area contributed by atoms with Gasteiger partial charge in [0.2, 0.25) is 0 Å². The fourth-order valence-corrected chi connectivity index (χ4v) is 3.82. The van der Waals surface area contributed by atoms with E-state index in [1.165, 1.54) is 17.7 Å². The molecule has 0 spiro atoms. The van der Waals surface area contributed by atoms with Gasteiger partial charge < -0.3 is 9.64 Å². The zero-order valence-corrected chi connectivity index (χ0v) is 16.4. The van der Waals surface area contributed by atoms with Crippen molar-refractivity contribution in [1.82, 2.24) is 9.80 Å². The van der Waals surface area contributed by atoms with Crippen molar-refractivity contribution in [3.8, 4) is 5.75 Å². The van der Waals surface area contributed by atoms with Crippen molar-refractivity contribution in [2.45, 2.75) is 6.54 Å². The number of benzene rings is 2. The Balaban J connectivity index is 1.48. The number of nitrogens with zero attached hydrogens (tertiary/aromatic N) is 2. The van der Waals surface area contributed by atoms with Gasteiger partial charge in [0.15, 0.2) is 12.4 Å². The average Bonchev–Trinajstić information content (AvgIpc) is 2.62. The van der Waals surface area contributed by atoms with Crippen LogP contribution in [0.3, 0.4) is 0 Å². The third-order valence-electron chi connectivity index (χ3n) is 4.28. The lowest BCUT2D eigenvalue weighted by Crippen LogP contribution is -2.49. The van der Waals surface area contributed by atoms with Crippen LogP contribution in [0.1, 0.15) is 5.56 Å². The molecule has 1 saturated heterocycles. The second-order valence-electron chi connectivity index (χ2n) is 6.13. The molecule has 138 valence electrons. The van der Waals surface area contributed by atoms with Crippen molar-refractivity contribution in [2.24, 2.45) is 0 Å². The first kappa shape index (κ1) is 19.3. The summed E-state index contributed by atoms with van der Waals surface area (Å²) in [6.45, 7) is 3.83. The number of amides is 1. The fourth-order valence-electron chi connectivity index (χ4n) is 2.89. The molecule has 1 heterocycles. The van der Waals surface area contributed by atoms with Gasteiger partial charge in [-0.2, -0.15) is 0 Å². The Labute approximate surface area is 168 Å². The maximum atomic E-state index is 12.4.